The summed E-state index contributed by atoms with van der Waals surface area (Å²) in [4.78, 5) is 2.28. The monoisotopic (exact) mass is 325 g/mol. The Morgan fingerprint density at radius 1 is 0.960 bits per heavy atom. The minimum absolute atomic E-state index is 0.492. The van der Waals surface area contributed by atoms with Crippen LogP contribution in [0.25, 0.3) is 21.9 Å². The molecule has 0 saturated carbocycles. The highest BCUT2D eigenvalue weighted by Crippen LogP contribution is 2.36. The summed E-state index contributed by atoms with van der Waals surface area (Å²) in [5, 5.41) is 2.34. The van der Waals surface area contributed by atoms with Gasteiger partial charge in [-0.1, -0.05) is 48.6 Å². The van der Waals surface area contributed by atoms with Gasteiger partial charge in [-0.15, -0.1) is 0 Å². The molecule has 25 heavy (non-hydrogen) atoms. The van der Waals surface area contributed by atoms with Crippen LogP contribution in [0.4, 0.5) is 5.69 Å². The van der Waals surface area contributed by atoms with E-state index in [1.807, 2.05) is 12.1 Å². The Bertz CT molecular complexity index is 1090. The first-order valence-corrected chi connectivity index (χ1v) is 8.72. The second-order valence-corrected chi connectivity index (χ2v) is 6.67. The minimum atomic E-state index is 0.492. The number of para-hydroxylation sites is 1. The molecule has 2 aliphatic rings. The fraction of sp³-hybridized carbons (Fsp3) is 0.130. The molecule has 5 rings (SSSR count). The van der Waals surface area contributed by atoms with E-state index in [1.165, 1.54) is 27.7 Å². The molecule has 1 unspecified atom stereocenters. The molecule has 0 saturated heterocycles. The van der Waals surface area contributed by atoms with Crippen molar-refractivity contribution in [3.63, 3.8) is 0 Å². The molecule has 0 N–H and O–H groups in total. The second kappa shape index (κ2) is 5.52. The van der Waals surface area contributed by atoms with Crippen molar-refractivity contribution in [1.29, 1.82) is 0 Å². The van der Waals surface area contributed by atoms with Gasteiger partial charge in [-0.25, -0.2) is 0 Å². The number of allylic oxidation sites excluding steroid dienone is 7. The van der Waals surface area contributed by atoms with E-state index in [4.69, 9.17) is 4.42 Å². The van der Waals surface area contributed by atoms with E-state index >= 15 is 0 Å². The van der Waals surface area contributed by atoms with Crippen LogP contribution in [-0.4, -0.2) is 7.05 Å². The summed E-state index contributed by atoms with van der Waals surface area (Å²) in [6.45, 7) is 0. The maximum absolute atomic E-state index is 5.95. The lowest BCUT2D eigenvalue weighted by atomic mass is 9.86. The molecule has 2 aliphatic carbocycles. The van der Waals surface area contributed by atoms with Crippen molar-refractivity contribution in [2.75, 3.05) is 11.9 Å². The third-order valence-corrected chi connectivity index (χ3v) is 5.20. The third kappa shape index (κ3) is 2.25. The highest BCUT2D eigenvalue weighted by Gasteiger charge is 2.20. The summed E-state index contributed by atoms with van der Waals surface area (Å²) in [6.07, 6.45) is 14.4. The smallest absolute Gasteiger partial charge is 0.135 e. The van der Waals surface area contributed by atoms with Crippen molar-refractivity contribution in [1.82, 2.24) is 0 Å². The van der Waals surface area contributed by atoms with Crippen LogP contribution in [0.1, 0.15) is 6.42 Å². The lowest BCUT2D eigenvalue weighted by Crippen LogP contribution is -2.21. The van der Waals surface area contributed by atoms with Gasteiger partial charge in [-0.3, -0.25) is 0 Å². The number of rotatable bonds is 2. The number of hydrogen-bond acceptors (Lipinski definition) is 2. The van der Waals surface area contributed by atoms with Gasteiger partial charge in [0.2, 0.25) is 0 Å². The fourth-order valence-corrected chi connectivity index (χ4v) is 3.86. The van der Waals surface area contributed by atoms with Crippen molar-refractivity contribution in [2.45, 2.75) is 6.42 Å². The standard InChI is InChI=1S/C23H19NO/c1-24(21-11-6-8-16-7-2-3-9-18(16)21)17-13-14-23-20(15-17)19-10-4-5-12-22(19)25-23/h2-7,9-16H,8H2,1H3. The van der Waals surface area contributed by atoms with Gasteiger partial charge < -0.3 is 9.32 Å². The first-order chi connectivity index (χ1) is 12.3. The second-order valence-electron chi connectivity index (χ2n) is 6.67. The molecule has 0 aliphatic heterocycles. The van der Waals surface area contributed by atoms with Crippen LogP contribution in [0, 0.1) is 5.92 Å². The van der Waals surface area contributed by atoms with Crippen molar-refractivity contribution in [2.24, 2.45) is 5.92 Å². The molecular formula is C23H19NO. The van der Waals surface area contributed by atoms with Gasteiger partial charge in [0.1, 0.15) is 11.2 Å². The Balaban J connectivity index is 1.64. The number of benzene rings is 2. The van der Waals surface area contributed by atoms with Crippen molar-refractivity contribution >= 4 is 27.6 Å². The van der Waals surface area contributed by atoms with E-state index in [1.54, 1.807) is 0 Å². The van der Waals surface area contributed by atoms with Gasteiger partial charge in [0.25, 0.3) is 0 Å². The van der Waals surface area contributed by atoms with Crippen LogP contribution in [0.3, 0.4) is 0 Å². The SMILES string of the molecule is CN(C1=C2C=CC=CC2CC=C1)c1ccc2oc3ccccc3c2c1. The zero-order valence-corrected chi connectivity index (χ0v) is 14.1. The average molecular weight is 325 g/mol. The van der Waals surface area contributed by atoms with Crippen molar-refractivity contribution in [3.8, 4) is 0 Å². The van der Waals surface area contributed by atoms with E-state index < -0.39 is 0 Å². The minimum Gasteiger partial charge on any atom is -0.456 e. The molecule has 1 heterocycles. The van der Waals surface area contributed by atoms with Gasteiger partial charge in [0, 0.05) is 35.1 Å². The van der Waals surface area contributed by atoms with E-state index in [2.05, 4.69) is 78.7 Å². The zero-order chi connectivity index (χ0) is 16.8. The number of anilines is 1. The number of furan rings is 1. The fourth-order valence-electron chi connectivity index (χ4n) is 3.86. The molecule has 2 nitrogen and oxygen atoms in total. The molecule has 1 aromatic heterocycles. The molecule has 122 valence electrons. The summed E-state index contributed by atoms with van der Waals surface area (Å²) in [7, 11) is 2.14. The Kier molecular flexibility index (Phi) is 3.17. The van der Waals surface area contributed by atoms with Crippen LogP contribution in [0.5, 0.6) is 0 Å². The highest BCUT2D eigenvalue weighted by molar-refractivity contribution is 6.06. The van der Waals surface area contributed by atoms with E-state index in [0.29, 0.717) is 5.92 Å². The Morgan fingerprint density at radius 3 is 2.80 bits per heavy atom. The molecule has 0 amide bonds. The Hall–Kier alpha value is -3.00. The topological polar surface area (TPSA) is 16.4 Å². The summed E-state index contributed by atoms with van der Waals surface area (Å²) < 4.78 is 5.95. The molecule has 0 radical (unpaired) electrons. The first-order valence-electron chi connectivity index (χ1n) is 8.72. The molecular weight excluding hydrogens is 306 g/mol. The van der Waals surface area contributed by atoms with Gasteiger partial charge in [0.05, 0.1) is 0 Å². The first kappa shape index (κ1) is 14.4. The van der Waals surface area contributed by atoms with Gasteiger partial charge in [0.15, 0.2) is 0 Å². The summed E-state index contributed by atoms with van der Waals surface area (Å²) in [5.74, 6) is 0.492. The number of hydrogen-bond donors (Lipinski definition) is 0. The number of nitrogens with zero attached hydrogens (tertiary/aromatic N) is 1. The average Bonchev–Trinajstić information content (AvgIpc) is 3.05. The molecule has 2 aromatic carbocycles. The third-order valence-electron chi connectivity index (χ3n) is 5.20. The normalized spacial score (nSPS) is 19.0. The molecule has 1 atom stereocenters. The highest BCUT2D eigenvalue weighted by atomic mass is 16.3. The maximum atomic E-state index is 5.95. The molecule has 0 fully saturated rings. The van der Waals surface area contributed by atoms with E-state index in [-0.39, 0.29) is 0 Å². The number of fused-ring (bicyclic) bond motifs is 4. The van der Waals surface area contributed by atoms with Crippen molar-refractivity contribution in [3.05, 3.63) is 90.2 Å². The summed E-state index contributed by atoms with van der Waals surface area (Å²) >= 11 is 0. The van der Waals surface area contributed by atoms with Gasteiger partial charge >= 0.3 is 0 Å². The van der Waals surface area contributed by atoms with Gasteiger partial charge in [-0.2, -0.15) is 0 Å². The molecule has 2 heteroatoms. The lowest BCUT2D eigenvalue weighted by Gasteiger charge is -2.29. The largest absolute Gasteiger partial charge is 0.456 e. The van der Waals surface area contributed by atoms with Crippen LogP contribution < -0.4 is 4.90 Å². The maximum Gasteiger partial charge on any atom is 0.135 e. The van der Waals surface area contributed by atoms with Crippen LogP contribution in [0.15, 0.2) is 94.6 Å². The van der Waals surface area contributed by atoms with Crippen LogP contribution in [0.2, 0.25) is 0 Å². The predicted octanol–water partition coefficient (Wildman–Crippen LogP) is 5.98. The quantitative estimate of drug-likeness (QED) is 0.576. The number of likely N-dealkylation sites (N-methyl/N-ethyl adjacent to an activating group) is 1. The Labute approximate surface area is 147 Å². The summed E-state index contributed by atoms with van der Waals surface area (Å²) in [6, 6.07) is 14.7. The van der Waals surface area contributed by atoms with Crippen molar-refractivity contribution < 1.29 is 4.42 Å². The van der Waals surface area contributed by atoms with Crippen LogP contribution >= 0.6 is 0 Å². The predicted molar refractivity (Wildman–Crippen MR) is 105 cm³/mol. The van der Waals surface area contributed by atoms with E-state index in [0.717, 1.165) is 17.6 Å². The lowest BCUT2D eigenvalue weighted by molar-refractivity contribution is 0.669. The zero-order valence-electron chi connectivity index (χ0n) is 14.1. The summed E-state index contributed by atoms with van der Waals surface area (Å²) in [5.41, 5.74) is 5.72. The molecule has 0 spiro atoms. The molecule has 0 bridgehead atoms. The van der Waals surface area contributed by atoms with Crippen LogP contribution in [-0.2, 0) is 0 Å². The molecule has 3 aromatic rings. The van der Waals surface area contributed by atoms with Gasteiger partial charge in [-0.05, 0) is 42.3 Å². The Morgan fingerprint density at radius 2 is 1.84 bits per heavy atom. The van der Waals surface area contributed by atoms with E-state index in [9.17, 15) is 0 Å².